The molecular formula is C19H26N4. The molecule has 4 nitrogen and oxygen atoms in total. The van der Waals surface area contributed by atoms with Gasteiger partial charge in [-0.05, 0) is 49.3 Å². The van der Waals surface area contributed by atoms with Gasteiger partial charge in [0, 0.05) is 51.0 Å². The van der Waals surface area contributed by atoms with E-state index in [1.807, 2.05) is 31.1 Å². The summed E-state index contributed by atoms with van der Waals surface area (Å²) in [6.45, 7) is 4.38. The Kier molecular flexibility index (Phi) is 5.98. The third-order valence-electron chi connectivity index (χ3n) is 4.50. The summed E-state index contributed by atoms with van der Waals surface area (Å²) in [6, 6.07) is 4.26. The first-order chi connectivity index (χ1) is 11.4. The zero-order valence-electron chi connectivity index (χ0n) is 13.7. The second-order valence-corrected chi connectivity index (χ2v) is 6.40. The van der Waals surface area contributed by atoms with E-state index in [1.54, 1.807) is 0 Å². The van der Waals surface area contributed by atoms with Crippen molar-refractivity contribution < 1.29 is 0 Å². The van der Waals surface area contributed by atoms with Crippen molar-refractivity contribution in [1.29, 1.82) is 0 Å². The molecule has 2 aromatic heterocycles. The molecule has 0 fully saturated rings. The fraction of sp³-hybridized carbons (Fsp3) is 0.474. The van der Waals surface area contributed by atoms with Gasteiger partial charge in [0.2, 0.25) is 0 Å². The van der Waals surface area contributed by atoms with Crippen LogP contribution < -0.4 is 0 Å². The smallest absolute Gasteiger partial charge is 0.0945 e. The molecule has 0 spiro atoms. The van der Waals surface area contributed by atoms with Gasteiger partial charge < -0.3 is 4.57 Å². The molecule has 0 amide bonds. The number of nitrogens with zero attached hydrogens (tertiary/aromatic N) is 4. The second kappa shape index (κ2) is 8.63. The van der Waals surface area contributed by atoms with Crippen molar-refractivity contribution in [3.05, 3.63) is 61.0 Å². The normalized spacial score (nSPS) is 17.7. The van der Waals surface area contributed by atoms with Crippen LogP contribution in [-0.4, -0.2) is 32.5 Å². The summed E-state index contributed by atoms with van der Waals surface area (Å²) in [5.74, 6) is 0.801. The first-order valence-corrected chi connectivity index (χ1v) is 8.62. The summed E-state index contributed by atoms with van der Waals surface area (Å²) in [5.41, 5.74) is 1.36. The minimum atomic E-state index is 0.801. The van der Waals surface area contributed by atoms with E-state index in [0.717, 1.165) is 32.0 Å². The SMILES string of the molecule is C1=CC[C@H](CN(CCCn2ccnc2)Cc2ccncc2)CC1. The number of rotatable bonds is 8. The predicted molar refractivity (Wildman–Crippen MR) is 92.8 cm³/mol. The zero-order valence-corrected chi connectivity index (χ0v) is 13.7. The van der Waals surface area contributed by atoms with Crippen LogP contribution >= 0.6 is 0 Å². The summed E-state index contributed by atoms with van der Waals surface area (Å²) < 4.78 is 2.16. The van der Waals surface area contributed by atoms with Crippen LogP contribution in [0, 0.1) is 5.92 Å². The maximum absolute atomic E-state index is 4.13. The monoisotopic (exact) mass is 310 g/mol. The predicted octanol–water partition coefficient (Wildman–Crippen LogP) is 3.53. The third kappa shape index (κ3) is 5.32. The van der Waals surface area contributed by atoms with Crippen molar-refractivity contribution in [2.24, 2.45) is 5.92 Å². The lowest BCUT2D eigenvalue weighted by atomic mass is 9.93. The topological polar surface area (TPSA) is 34.0 Å². The van der Waals surface area contributed by atoms with E-state index in [4.69, 9.17) is 0 Å². The Labute approximate surface area is 138 Å². The lowest BCUT2D eigenvalue weighted by Crippen LogP contribution is -2.31. The first-order valence-electron chi connectivity index (χ1n) is 8.62. The number of pyridine rings is 1. The van der Waals surface area contributed by atoms with Gasteiger partial charge in [-0.3, -0.25) is 9.88 Å². The van der Waals surface area contributed by atoms with Crippen molar-refractivity contribution in [3.8, 4) is 0 Å². The van der Waals surface area contributed by atoms with Crippen LogP contribution in [0.1, 0.15) is 31.2 Å². The van der Waals surface area contributed by atoms with E-state index in [1.165, 1.54) is 31.4 Å². The van der Waals surface area contributed by atoms with Gasteiger partial charge >= 0.3 is 0 Å². The number of aromatic nitrogens is 3. The van der Waals surface area contributed by atoms with Crippen molar-refractivity contribution >= 4 is 0 Å². The fourth-order valence-corrected chi connectivity index (χ4v) is 3.26. The molecule has 0 N–H and O–H groups in total. The molecule has 4 heteroatoms. The Bertz CT molecular complexity index is 577. The zero-order chi connectivity index (χ0) is 15.7. The van der Waals surface area contributed by atoms with Gasteiger partial charge in [-0.1, -0.05) is 12.2 Å². The highest BCUT2D eigenvalue weighted by molar-refractivity contribution is 5.09. The molecule has 122 valence electrons. The maximum Gasteiger partial charge on any atom is 0.0945 e. The van der Waals surface area contributed by atoms with Gasteiger partial charge in [0.15, 0.2) is 0 Å². The molecule has 1 aliphatic rings. The first kappa shape index (κ1) is 15.9. The van der Waals surface area contributed by atoms with E-state index < -0.39 is 0 Å². The number of hydrogen-bond acceptors (Lipinski definition) is 3. The molecule has 0 saturated heterocycles. The number of hydrogen-bond donors (Lipinski definition) is 0. The Hall–Kier alpha value is -1.94. The molecule has 2 heterocycles. The van der Waals surface area contributed by atoms with Gasteiger partial charge in [0.1, 0.15) is 0 Å². The standard InChI is InChI=1S/C19H26N4/c1-2-5-18(6-3-1)15-23(16-19-7-9-20-10-8-19)13-4-12-22-14-11-21-17-22/h1-2,7-11,14,17-18H,3-6,12-13,15-16H2/t18-/m0/s1. The Balaban J connectivity index is 1.54. The van der Waals surface area contributed by atoms with E-state index >= 15 is 0 Å². The number of allylic oxidation sites excluding steroid dienone is 2. The molecule has 0 saturated carbocycles. The average molecular weight is 310 g/mol. The minimum Gasteiger partial charge on any atom is -0.337 e. The van der Waals surface area contributed by atoms with Crippen LogP contribution in [-0.2, 0) is 13.1 Å². The Morgan fingerprint density at radius 3 is 2.78 bits per heavy atom. The Morgan fingerprint density at radius 1 is 1.13 bits per heavy atom. The molecule has 0 bridgehead atoms. The van der Waals surface area contributed by atoms with Gasteiger partial charge in [-0.15, -0.1) is 0 Å². The summed E-state index contributed by atoms with van der Waals surface area (Å²) in [5, 5.41) is 0. The molecule has 0 radical (unpaired) electrons. The molecular weight excluding hydrogens is 284 g/mol. The van der Waals surface area contributed by atoms with Crippen molar-refractivity contribution in [1.82, 2.24) is 19.4 Å². The highest BCUT2D eigenvalue weighted by Gasteiger charge is 2.15. The second-order valence-electron chi connectivity index (χ2n) is 6.40. The van der Waals surface area contributed by atoms with Crippen LogP contribution in [0.2, 0.25) is 0 Å². The lowest BCUT2D eigenvalue weighted by Gasteiger charge is -2.28. The highest BCUT2D eigenvalue weighted by atomic mass is 15.1. The van der Waals surface area contributed by atoms with Crippen LogP contribution in [0.4, 0.5) is 0 Å². The van der Waals surface area contributed by atoms with E-state index in [-0.39, 0.29) is 0 Å². The van der Waals surface area contributed by atoms with Gasteiger partial charge in [-0.2, -0.15) is 0 Å². The van der Waals surface area contributed by atoms with Crippen LogP contribution in [0.3, 0.4) is 0 Å². The largest absolute Gasteiger partial charge is 0.337 e. The summed E-state index contributed by atoms with van der Waals surface area (Å²) in [6.07, 6.45) is 19.2. The quantitative estimate of drug-likeness (QED) is 0.700. The number of aryl methyl sites for hydroxylation is 1. The minimum absolute atomic E-state index is 0.801. The number of imidazole rings is 1. The van der Waals surface area contributed by atoms with Crippen LogP contribution in [0.25, 0.3) is 0 Å². The van der Waals surface area contributed by atoms with Crippen molar-refractivity contribution in [2.75, 3.05) is 13.1 Å². The third-order valence-corrected chi connectivity index (χ3v) is 4.50. The maximum atomic E-state index is 4.13. The molecule has 1 aliphatic carbocycles. The molecule has 0 unspecified atom stereocenters. The molecule has 0 aliphatic heterocycles. The molecule has 3 rings (SSSR count). The summed E-state index contributed by atoms with van der Waals surface area (Å²) in [4.78, 5) is 10.8. The van der Waals surface area contributed by atoms with E-state index in [9.17, 15) is 0 Å². The van der Waals surface area contributed by atoms with Gasteiger partial charge in [0.05, 0.1) is 6.33 Å². The Morgan fingerprint density at radius 2 is 2.04 bits per heavy atom. The van der Waals surface area contributed by atoms with Crippen LogP contribution in [0.5, 0.6) is 0 Å². The van der Waals surface area contributed by atoms with Crippen molar-refractivity contribution in [3.63, 3.8) is 0 Å². The fourth-order valence-electron chi connectivity index (χ4n) is 3.26. The summed E-state index contributed by atoms with van der Waals surface area (Å²) >= 11 is 0. The lowest BCUT2D eigenvalue weighted by molar-refractivity contribution is 0.209. The van der Waals surface area contributed by atoms with Crippen LogP contribution in [0.15, 0.2) is 55.4 Å². The molecule has 23 heavy (non-hydrogen) atoms. The van der Waals surface area contributed by atoms with Crippen molar-refractivity contribution in [2.45, 2.75) is 38.8 Å². The molecule has 1 atom stereocenters. The van der Waals surface area contributed by atoms with E-state index in [0.29, 0.717) is 0 Å². The molecule has 0 aromatic carbocycles. The van der Waals surface area contributed by atoms with E-state index in [2.05, 4.69) is 43.7 Å². The average Bonchev–Trinajstić information content (AvgIpc) is 3.10. The molecule has 2 aromatic rings. The van der Waals surface area contributed by atoms with Gasteiger partial charge in [-0.25, -0.2) is 4.98 Å². The van der Waals surface area contributed by atoms with Gasteiger partial charge in [0.25, 0.3) is 0 Å². The summed E-state index contributed by atoms with van der Waals surface area (Å²) in [7, 11) is 0. The highest BCUT2D eigenvalue weighted by Crippen LogP contribution is 2.20.